The molecule has 0 saturated carbocycles. The Balaban J connectivity index is 0.00000162. The van der Waals surface area contributed by atoms with Gasteiger partial charge in [0.05, 0.1) is 5.52 Å². The van der Waals surface area contributed by atoms with E-state index in [2.05, 4.69) is 20.9 Å². The zero-order valence-corrected chi connectivity index (χ0v) is 11.8. The minimum atomic E-state index is -0.815. The molecule has 0 aliphatic heterocycles. The highest BCUT2D eigenvalue weighted by Gasteiger charge is 2.08. The molecule has 2 rings (SSSR count). The number of anilines is 1. The molecule has 1 aromatic heterocycles. The van der Waals surface area contributed by atoms with Crippen LogP contribution in [0.15, 0.2) is 28.7 Å². The van der Waals surface area contributed by atoms with Crippen molar-refractivity contribution in [2.24, 2.45) is 0 Å². The second kappa shape index (κ2) is 6.02. The number of hydrogen-bond donors (Lipinski definition) is 2. The van der Waals surface area contributed by atoms with Crippen LogP contribution in [-0.4, -0.2) is 16.1 Å². The van der Waals surface area contributed by atoms with E-state index in [-0.39, 0.29) is 18.8 Å². The molecule has 1 aromatic carbocycles. The zero-order valence-electron chi connectivity index (χ0n) is 9.39. The SMILES string of the molecule is Cl.Nc1ccc2c(Br)ccc(CCC(=O)O)c2n1. The molecule has 0 fully saturated rings. The van der Waals surface area contributed by atoms with E-state index in [4.69, 9.17) is 10.8 Å². The van der Waals surface area contributed by atoms with Crippen LogP contribution in [0.4, 0.5) is 5.82 Å². The highest BCUT2D eigenvalue weighted by Crippen LogP contribution is 2.27. The van der Waals surface area contributed by atoms with Crippen LogP contribution in [-0.2, 0) is 11.2 Å². The summed E-state index contributed by atoms with van der Waals surface area (Å²) in [7, 11) is 0. The van der Waals surface area contributed by atoms with Crippen molar-refractivity contribution in [1.82, 2.24) is 4.98 Å². The number of carboxylic acid groups (broad SMARTS) is 1. The molecule has 6 heteroatoms. The summed E-state index contributed by atoms with van der Waals surface area (Å²) < 4.78 is 0.930. The number of halogens is 2. The molecular formula is C12H12BrClN2O2. The molecule has 0 aliphatic carbocycles. The van der Waals surface area contributed by atoms with Gasteiger partial charge in [0.1, 0.15) is 5.82 Å². The molecule has 4 nitrogen and oxygen atoms in total. The first kappa shape index (κ1) is 14.7. The fraction of sp³-hybridized carbons (Fsp3) is 0.167. The number of nitrogens with zero attached hydrogens (tertiary/aromatic N) is 1. The van der Waals surface area contributed by atoms with Gasteiger partial charge in [-0.15, -0.1) is 12.4 Å². The van der Waals surface area contributed by atoms with E-state index in [0.717, 1.165) is 20.9 Å². The summed E-state index contributed by atoms with van der Waals surface area (Å²) in [5, 5.41) is 9.65. The minimum Gasteiger partial charge on any atom is -0.481 e. The number of carbonyl (C=O) groups is 1. The normalized spacial score (nSPS) is 10.1. The first-order valence-electron chi connectivity index (χ1n) is 5.13. The molecule has 0 radical (unpaired) electrons. The number of aryl methyl sites for hydroxylation is 1. The fourth-order valence-electron chi connectivity index (χ4n) is 1.70. The lowest BCUT2D eigenvalue weighted by molar-refractivity contribution is -0.136. The van der Waals surface area contributed by atoms with Crippen molar-refractivity contribution in [2.45, 2.75) is 12.8 Å². The quantitative estimate of drug-likeness (QED) is 0.906. The van der Waals surface area contributed by atoms with Crippen molar-refractivity contribution in [3.05, 3.63) is 34.3 Å². The molecule has 2 aromatic rings. The molecule has 0 bridgehead atoms. The van der Waals surface area contributed by atoms with Crippen LogP contribution in [0.3, 0.4) is 0 Å². The Morgan fingerprint density at radius 2 is 2.06 bits per heavy atom. The van der Waals surface area contributed by atoms with Gasteiger partial charge >= 0.3 is 5.97 Å². The molecule has 0 atom stereocenters. The highest BCUT2D eigenvalue weighted by atomic mass is 79.9. The van der Waals surface area contributed by atoms with Crippen LogP contribution in [0.2, 0.25) is 0 Å². The van der Waals surface area contributed by atoms with E-state index in [9.17, 15) is 4.79 Å². The lowest BCUT2D eigenvalue weighted by Crippen LogP contribution is -2.00. The van der Waals surface area contributed by atoms with Gasteiger partial charge in [-0.2, -0.15) is 0 Å². The van der Waals surface area contributed by atoms with Crippen molar-refractivity contribution >= 4 is 51.0 Å². The van der Waals surface area contributed by atoms with Crippen molar-refractivity contribution in [2.75, 3.05) is 5.73 Å². The fourth-order valence-corrected chi connectivity index (χ4v) is 2.15. The molecule has 96 valence electrons. The van der Waals surface area contributed by atoms with Gasteiger partial charge in [0.25, 0.3) is 0 Å². The van der Waals surface area contributed by atoms with Gasteiger partial charge in [0.2, 0.25) is 0 Å². The van der Waals surface area contributed by atoms with Gasteiger partial charge in [-0.25, -0.2) is 4.98 Å². The molecular weight excluding hydrogens is 320 g/mol. The van der Waals surface area contributed by atoms with E-state index in [1.54, 1.807) is 6.07 Å². The summed E-state index contributed by atoms with van der Waals surface area (Å²) >= 11 is 3.44. The molecule has 0 unspecified atom stereocenters. The molecule has 18 heavy (non-hydrogen) atoms. The van der Waals surface area contributed by atoms with Crippen LogP contribution in [0, 0.1) is 0 Å². The smallest absolute Gasteiger partial charge is 0.303 e. The van der Waals surface area contributed by atoms with Crippen molar-refractivity contribution in [3.63, 3.8) is 0 Å². The van der Waals surface area contributed by atoms with E-state index < -0.39 is 5.97 Å². The minimum absolute atomic E-state index is 0. The van der Waals surface area contributed by atoms with E-state index >= 15 is 0 Å². The Kier molecular flexibility index (Phi) is 4.93. The van der Waals surface area contributed by atoms with E-state index in [1.165, 1.54) is 0 Å². The van der Waals surface area contributed by atoms with Gasteiger partial charge in [0.15, 0.2) is 0 Å². The van der Waals surface area contributed by atoms with Crippen LogP contribution in [0.1, 0.15) is 12.0 Å². The van der Waals surface area contributed by atoms with Crippen molar-refractivity contribution in [1.29, 1.82) is 0 Å². The zero-order chi connectivity index (χ0) is 12.4. The lowest BCUT2D eigenvalue weighted by Gasteiger charge is -2.07. The van der Waals surface area contributed by atoms with Crippen LogP contribution >= 0.6 is 28.3 Å². The third kappa shape index (κ3) is 3.11. The standard InChI is InChI=1S/C12H11BrN2O2.ClH/c13-9-4-1-7(2-6-11(16)17)12-8(9)3-5-10(14)15-12;/h1,3-5H,2,6H2,(H2,14,15)(H,16,17);1H. The predicted octanol–water partition coefficient (Wildman–Crippen LogP) is 3.02. The first-order chi connectivity index (χ1) is 8.08. The average molecular weight is 332 g/mol. The van der Waals surface area contributed by atoms with Gasteiger partial charge < -0.3 is 10.8 Å². The van der Waals surface area contributed by atoms with E-state index in [1.807, 2.05) is 18.2 Å². The maximum absolute atomic E-state index is 10.6. The Labute approximate surface area is 119 Å². The van der Waals surface area contributed by atoms with Crippen LogP contribution in [0.5, 0.6) is 0 Å². The Morgan fingerprint density at radius 3 is 2.72 bits per heavy atom. The maximum Gasteiger partial charge on any atom is 0.303 e. The summed E-state index contributed by atoms with van der Waals surface area (Å²) in [5.74, 6) is -0.378. The third-order valence-electron chi connectivity index (χ3n) is 2.52. The summed E-state index contributed by atoms with van der Waals surface area (Å²) in [5.41, 5.74) is 7.32. The van der Waals surface area contributed by atoms with Gasteiger partial charge in [0, 0.05) is 16.3 Å². The maximum atomic E-state index is 10.6. The number of nitrogen functional groups attached to an aromatic ring is 1. The third-order valence-corrected chi connectivity index (χ3v) is 3.21. The number of pyridine rings is 1. The number of aliphatic carboxylic acids is 1. The topological polar surface area (TPSA) is 76.2 Å². The van der Waals surface area contributed by atoms with E-state index in [0.29, 0.717) is 12.2 Å². The first-order valence-corrected chi connectivity index (χ1v) is 5.92. The van der Waals surface area contributed by atoms with Crippen LogP contribution < -0.4 is 5.73 Å². The monoisotopic (exact) mass is 330 g/mol. The number of aromatic nitrogens is 1. The summed E-state index contributed by atoms with van der Waals surface area (Å²) in [4.78, 5) is 14.9. The average Bonchev–Trinajstić information content (AvgIpc) is 2.28. The lowest BCUT2D eigenvalue weighted by atomic mass is 10.1. The van der Waals surface area contributed by atoms with Crippen molar-refractivity contribution < 1.29 is 9.90 Å². The number of rotatable bonds is 3. The molecule has 0 saturated heterocycles. The van der Waals surface area contributed by atoms with Gasteiger partial charge in [-0.05, 0) is 30.2 Å². The molecule has 0 amide bonds. The molecule has 0 aliphatic rings. The summed E-state index contributed by atoms with van der Waals surface area (Å²) in [6.45, 7) is 0. The second-order valence-corrected chi connectivity index (χ2v) is 4.59. The number of hydrogen-bond acceptors (Lipinski definition) is 3. The molecule has 0 spiro atoms. The van der Waals surface area contributed by atoms with Crippen LogP contribution in [0.25, 0.3) is 10.9 Å². The van der Waals surface area contributed by atoms with Gasteiger partial charge in [-0.1, -0.05) is 22.0 Å². The highest BCUT2D eigenvalue weighted by molar-refractivity contribution is 9.10. The number of benzene rings is 1. The van der Waals surface area contributed by atoms with Gasteiger partial charge in [-0.3, -0.25) is 4.79 Å². The largest absolute Gasteiger partial charge is 0.481 e. The number of carboxylic acids is 1. The summed E-state index contributed by atoms with van der Waals surface area (Å²) in [6, 6.07) is 7.39. The Morgan fingerprint density at radius 1 is 1.33 bits per heavy atom. The Hall–Kier alpha value is -1.33. The molecule has 3 N–H and O–H groups in total. The number of nitrogens with two attached hydrogens (primary N) is 1. The second-order valence-electron chi connectivity index (χ2n) is 3.73. The summed E-state index contributed by atoms with van der Waals surface area (Å²) in [6.07, 6.45) is 0.544. The van der Waals surface area contributed by atoms with Crippen molar-refractivity contribution in [3.8, 4) is 0 Å². The number of fused-ring (bicyclic) bond motifs is 1. The predicted molar refractivity (Wildman–Crippen MR) is 77.1 cm³/mol. The molecule has 1 heterocycles. The Bertz CT molecular complexity index is 590.